The number of rotatable bonds is 6. The first-order valence-corrected chi connectivity index (χ1v) is 9.83. The molecule has 1 aliphatic heterocycles. The molecule has 1 aromatic carbocycles. The van der Waals surface area contributed by atoms with Gasteiger partial charge in [-0.15, -0.1) is 0 Å². The first kappa shape index (κ1) is 19.6. The number of pyridine rings is 1. The second-order valence-corrected chi connectivity index (χ2v) is 7.34. The minimum Gasteiger partial charge on any atom is -0.507 e. The van der Waals surface area contributed by atoms with Crippen LogP contribution >= 0.6 is 0 Å². The van der Waals surface area contributed by atoms with Gasteiger partial charge in [0, 0.05) is 30.9 Å². The van der Waals surface area contributed by atoms with Crippen molar-refractivity contribution < 1.29 is 19.3 Å². The Morgan fingerprint density at radius 1 is 1.17 bits per heavy atom. The molecule has 3 heterocycles. The predicted molar refractivity (Wildman–Crippen MR) is 110 cm³/mol. The van der Waals surface area contributed by atoms with Gasteiger partial charge in [0.25, 0.3) is 11.7 Å². The van der Waals surface area contributed by atoms with Crippen molar-refractivity contribution in [1.29, 1.82) is 0 Å². The van der Waals surface area contributed by atoms with Gasteiger partial charge in [0.2, 0.25) is 6.33 Å². The average molecular weight is 403 g/mol. The van der Waals surface area contributed by atoms with Gasteiger partial charge in [0.15, 0.2) is 0 Å². The number of imidazole rings is 1. The number of carbonyl (C=O) groups excluding carboxylic acids is 2. The second-order valence-electron chi connectivity index (χ2n) is 7.34. The van der Waals surface area contributed by atoms with Crippen LogP contribution in [0, 0.1) is 6.92 Å². The van der Waals surface area contributed by atoms with Gasteiger partial charge in [-0.25, -0.2) is 4.57 Å². The van der Waals surface area contributed by atoms with E-state index in [2.05, 4.69) is 9.97 Å². The molecule has 7 nitrogen and oxygen atoms in total. The van der Waals surface area contributed by atoms with Gasteiger partial charge in [-0.3, -0.25) is 19.6 Å². The molecule has 152 valence electrons. The molecule has 1 aliphatic rings. The number of hydrogen-bond acceptors (Lipinski definition) is 4. The fourth-order valence-electron chi connectivity index (χ4n) is 3.75. The highest BCUT2D eigenvalue weighted by atomic mass is 16.3. The van der Waals surface area contributed by atoms with E-state index < -0.39 is 17.7 Å². The van der Waals surface area contributed by atoms with E-state index in [1.807, 2.05) is 54.5 Å². The molecule has 30 heavy (non-hydrogen) atoms. The fraction of sp³-hybridized carbons (Fsp3) is 0.217. The zero-order chi connectivity index (χ0) is 21.1. The Balaban J connectivity index is 1.72. The number of aryl methyl sites for hydroxylation is 2. The molecule has 4 rings (SSSR count). The summed E-state index contributed by atoms with van der Waals surface area (Å²) in [6.45, 7) is 3.08. The van der Waals surface area contributed by atoms with E-state index >= 15 is 0 Å². The van der Waals surface area contributed by atoms with Crippen molar-refractivity contribution in [2.24, 2.45) is 0 Å². The summed E-state index contributed by atoms with van der Waals surface area (Å²) in [5.41, 5.74) is 2.45. The Morgan fingerprint density at radius 3 is 2.57 bits per heavy atom. The molecule has 1 saturated heterocycles. The lowest BCUT2D eigenvalue weighted by atomic mass is 9.95. The van der Waals surface area contributed by atoms with Crippen LogP contribution in [0.15, 0.2) is 73.1 Å². The van der Waals surface area contributed by atoms with Gasteiger partial charge < -0.3 is 10.0 Å². The summed E-state index contributed by atoms with van der Waals surface area (Å²) in [5, 5.41) is 10.9. The Bertz CT molecular complexity index is 1070. The molecule has 0 saturated carbocycles. The Labute approximate surface area is 174 Å². The molecule has 0 radical (unpaired) electrons. The van der Waals surface area contributed by atoms with E-state index in [1.54, 1.807) is 29.4 Å². The summed E-state index contributed by atoms with van der Waals surface area (Å²) in [6.07, 6.45) is 9.34. The minimum atomic E-state index is -0.663. The summed E-state index contributed by atoms with van der Waals surface area (Å²) >= 11 is 0. The van der Waals surface area contributed by atoms with E-state index in [9.17, 15) is 14.7 Å². The van der Waals surface area contributed by atoms with Crippen molar-refractivity contribution in [3.8, 4) is 0 Å². The maximum absolute atomic E-state index is 12.9. The Hall–Kier alpha value is -3.74. The first-order chi connectivity index (χ1) is 14.6. The number of aromatic amines is 1. The van der Waals surface area contributed by atoms with Gasteiger partial charge >= 0.3 is 0 Å². The highest BCUT2D eigenvalue weighted by Gasteiger charge is 2.45. The maximum atomic E-state index is 12.9. The fourth-order valence-corrected chi connectivity index (χ4v) is 3.75. The Morgan fingerprint density at radius 2 is 1.90 bits per heavy atom. The van der Waals surface area contributed by atoms with E-state index in [0.717, 1.165) is 11.1 Å². The lowest BCUT2D eigenvalue weighted by molar-refractivity contribution is -0.695. The van der Waals surface area contributed by atoms with Crippen LogP contribution in [0.25, 0.3) is 5.76 Å². The molecule has 1 atom stereocenters. The van der Waals surface area contributed by atoms with Crippen LogP contribution in [-0.4, -0.2) is 38.2 Å². The van der Waals surface area contributed by atoms with Gasteiger partial charge in [0.05, 0.1) is 18.2 Å². The third-order valence-electron chi connectivity index (χ3n) is 5.30. The number of hydrogen-bond donors (Lipinski definition) is 2. The highest BCUT2D eigenvalue weighted by molar-refractivity contribution is 6.46. The number of aliphatic hydroxyl groups is 1. The van der Waals surface area contributed by atoms with Crippen molar-refractivity contribution in [3.63, 3.8) is 0 Å². The van der Waals surface area contributed by atoms with Crippen LogP contribution in [-0.2, 0) is 16.1 Å². The van der Waals surface area contributed by atoms with Gasteiger partial charge in [-0.05, 0) is 24.6 Å². The molecule has 1 unspecified atom stereocenters. The molecule has 1 fully saturated rings. The third kappa shape index (κ3) is 3.74. The molecule has 0 bridgehead atoms. The number of aliphatic hydroxyl groups excluding tert-OH is 1. The molecule has 7 heteroatoms. The van der Waals surface area contributed by atoms with Gasteiger partial charge in [-0.1, -0.05) is 29.8 Å². The van der Waals surface area contributed by atoms with Gasteiger partial charge in [-0.2, -0.15) is 0 Å². The summed E-state index contributed by atoms with van der Waals surface area (Å²) in [7, 11) is 0. The normalized spacial score (nSPS) is 18.2. The van der Waals surface area contributed by atoms with Crippen molar-refractivity contribution >= 4 is 17.4 Å². The third-order valence-corrected chi connectivity index (χ3v) is 5.30. The van der Waals surface area contributed by atoms with E-state index in [-0.39, 0.29) is 11.3 Å². The topological polar surface area (TPSA) is 90.2 Å². The summed E-state index contributed by atoms with van der Waals surface area (Å²) < 4.78 is 1.98. The van der Waals surface area contributed by atoms with E-state index in [4.69, 9.17) is 0 Å². The number of nitrogens with one attached hydrogen (secondary N) is 1. The smallest absolute Gasteiger partial charge is 0.295 e. The lowest BCUT2D eigenvalue weighted by Gasteiger charge is -2.25. The molecular weight excluding hydrogens is 380 g/mol. The highest BCUT2D eigenvalue weighted by Crippen LogP contribution is 2.39. The average Bonchev–Trinajstić information content (AvgIpc) is 3.37. The van der Waals surface area contributed by atoms with Crippen molar-refractivity contribution in [2.45, 2.75) is 25.9 Å². The van der Waals surface area contributed by atoms with E-state index in [1.165, 1.54) is 0 Å². The zero-order valence-electron chi connectivity index (χ0n) is 16.7. The quantitative estimate of drug-likeness (QED) is 0.286. The molecule has 3 aromatic rings. The maximum Gasteiger partial charge on any atom is 0.295 e. The van der Waals surface area contributed by atoms with Crippen LogP contribution in [0.4, 0.5) is 0 Å². The zero-order valence-corrected chi connectivity index (χ0v) is 16.7. The number of aromatic nitrogens is 3. The number of carbonyl (C=O) groups is 2. The van der Waals surface area contributed by atoms with Crippen molar-refractivity contribution in [2.75, 3.05) is 6.54 Å². The number of likely N-dealkylation sites (tertiary alicyclic amines) is 1. The monoisotopic (exact) mass is 403 g/mol. The molecular formula is C23H23N4O3+. The summed E-state index contributed by atoms with van der Waals surface area (Å²) in [4.78, 5) is 34.3. The SMILES string of the molecule is Cc1ccc(C2C(=C(O)c3ccncc3)C(=O)C(=O)N2CCC[n+]2cc[nH]c2)cc1. The van der Waals surface area contributed by atoms with Crippen LogP contribution in [0.5, 0.6) is 0 Å². The number of Topliss-reactive ketones (excluding diaryl/α,β-unsaturated/α-hetero) is 1. The largest absolute Gasteiger partial charge is 0.507 e. The minimum absolute atomic E-state index is 0.115. The lowest BCUT2D eigenvalue weighted by Crippen LogP contribution is -2.36. The summed E-state index contributed by atoms with van der Waals surface area (Å²) in [5.74, 6) is -1.43. The number of H-pyrrole nitrogens is 1. The van der Waals surface area contributed by atoms with Crippen LogP contribution in [0.3, 0.4) is 0 Å². The van der Waals surface area contributed by atoms with Crippen LogP contribution in [0.2, 0.25) is 0 Å². The van der Waals surface area contributed by atoms with Crippen LogP contribution in [0.1, 0.15) is 29.2 Å². The molecule has 0 spiro atoms. The standard InChI is InChI=1S/C23H22N4O3/c1-16-3-5-17(6-4-16)20-19(21(28)18-7-9-24-10-8-18)22(29)23(30)27(20)13-2-12-26-14-11-25-15-26/h3-11,14-15,20H,2,12-13H2,1H3,(H,28,29)/p+1. The predicted octanol–water partition coefficient (Wildman–Crippen LogP) is 2.52. The molecule has 2 N–H and O–H groups in total. The number of ketones is 1. The number of amides is 1. The van der Waals surface area contributed by atoms with Gasteiger partial charge in [0.1, 0.15) is 18.2 Å². The molecule has 0 aliphatic carbocycles. The summed E-state index contributed by atoms with van der Waals surface area (Å²) in [6, 6.07) is 10.3. The van der Waals surface area contributed by atoms with Crippen molar-refractivity contribution in [3.05, 3.63) is 89.8 Å². The second kappa shape index (κ2) is 8.32. The first-order valence-electron chi connectivity index (χ1n) is 9.83. The number of benzene rings is 1. The van der Waals surface area contributed by atoms with E-state index in [0.29, 0.717) is 25.1 Å². The van der Waals surface area contributed by atoms with Crippen LogP contribution < -0.4 is 4.57 Å². The Kier molecular flexibility index (Phi) is 5.43. The molecule has 1 amide bonds. The number of nitrogens with zero attached hydrogens (tertiary/aromatic N) is 3. The van der Waals surface area contributed by atoms with Crippen molar-refractivity contribution in [1.82, 2.24) is 14.9 Å². The molecule has 2 aromatic heterocycles.